The van der Waals surface area contributed by atoms with E-state index in [1.54, 1.807) is 32.4 Å². The maximum Gasteiger partial charge on any atom is 0.278 e. The lowest BCUT2D eigenvalue weighted by Crippen LogP contribution is -2.34. The first-order valence-electron chi connectivity index (χ1n) is 11.1. The van der Waals surface area contributed by atoms with E-state index in [0.29, 0.717) is 35.7 Å². The Hall–Kier alpha value is -4.06. The third kappa shape index (κ3) is 4.53. The topological polar surface area (TPSA) is 67.9 Å². The molecule has 34 heavy (non-hydrogen) atoms. The van der Waals surface area contributed by atoms with E-state index in [1.807, 2.05) is 62.4 Å². The van der Waals surface area contributed by atoms with Crippen LogP contribution in [-0.2, 0) is 16.0 Å². The fourth-order valence-electron chi connectivity index (χ4n) is 4.18. The Labute approximate surface area is 199 Å². The minimum Gasteiger partial charge on any atom is -0.493 e. The van der Waals surface area contributed by atoms with E-state index >= 15 is 0 Å². The molecule has 4 rings (SSSR count). The predicted molar refractivity (Wildman–Crippen MR) is 133 cm³/mol. The molecule has 0 unspecified atom stereocenters. The van der Waals surface area contributed by atoms with Gasteiger partial charge in [0.25, 0.3) is 11.8 Å². The number of anilines is 1. The number of nitrogens with one attached hydrogen (secondary N) is 1. The zero-order valence-electron chi connectivity index (χ0n) is 19.8. The number of carbonyl (C=O) groups excluding carboxylic acids is 2. The number of benzene rings is 3. The van der Waals surface area contributed by atoms with Crippen LogP contribution in [0.1, 0.15) is 22.3 Å². The fourth-order valence-corrected chi connectivity index (χ4v) is 4.18. The van der Waals surface area contributed by atoms with Gasteiger partial charge in [0, 0.05) is 18.3 Å². The van der Waals surface area contributed by atoms with Crippen LogP contribution in [-0.4, -0.2) is 37.5 Å². The average molecular weight is 457 g/mol. The molecule has 1 aliphatic rings. The molecule has 6 nitrogen and oxygen atoms in total. The van der Waals surface area contributed by atoms with Crippen molar-refractivity contribution in [1.82, 2.24) is 4.90 Å². The minimum absolute atomic E-state index is 0.261. The molecule has 0 aliphatic carbocycles. The summed E-state index contributed by atoms with van der Waals surface area (Å²) < 4.78 is 10.7. The van der Waals surface area contributed by atoms with Gasteiger partial charge in [-0.3, -0.25) is 14.5 Å². The highest BCUT2D eigenvalue weighted by atomic mass is 16.5. The monoisotopic (exact) mass is 456 g/mol. The second-order valence-electron chi connectivity index (χ2n) is 8.26. The molecule has 0 saturated heterocycles. The normalized spacial score (nSPS) is 13.5. The molecule has 1 aliphatic heterocycles. The summed E-state index contributed by atoms with van der Waals surface area (Å²) in [6.07, 6.45) is 0.585. The molecule has 0 bridgehead atoms. The summed E-state index contributed by atoms with van der Waals surface area (Å²) in [5, 5.41) is 3.20. The summed E-state index contributed by atoms with van der Waals surface area (Å²) in [4.78, 5) is 28.4. The summed E-state index contributed by atoms with van der Waals surface area (Å²) in [5.74, 6) is 0.468. The van der Waals surface area contributed by atoms with Crippen molar-refractivity contribution in [3.63, 3.8) is 0 Å². The second-order valence-corrected chi connectivity index (χ2v) is 8.26. The van der Waals surface area contributed by atoms with Crippen LogP contribution in [0.5, 0.6) is 11.5 Å². The number of methoxy groups -OCH3 is 2. The van der Waals surface area contributed by atoms with Gasteiger partial charge in [-0.15, -0.1) is 0 Å². The van der Waals surface area contributed by atoms with E-state index in [-0.39, 0.29) is 17.5 Å². The van der Waals surface area contributed by atoms with Crippen molar-refractivity contribution in [1.29, 1.82) is 0 Å². The Kier molecular flexibility index (Phi) is 6.68. The molecule has 174 valence electrons. The van der Waals surface area contributed by atoms with Crippen molar-refractivity contribution in [2.24, 2.45) is 0 Å². The molecule has 6 heteroatoms. The van der Waals surface area contributed by atoms with E-state index in [4.69, 9.17) is 9.47 Å². The molecule has 1 N–H and O–H groups in total. The Bertz CT molecular complexity index is 1260. The molecule has 3 aromatic rings. The molecule has 0 aromatic heterocycles. The molecular formula is C28H28N2O4. The summed E-state index contributed by atoms with van der Waals surface area (Å²) >= 11 is 0. The number of nitrogens with zero attached hydrogens (tertiary/aromatic N) is 1. The average Bonchev–Trinajstić information content (AvgIpc) is 3.07. The van der Waals surface area contributed by atoms with Crippen LogP contribution in [0.25, 0.3) is 5.57 Å². The summed E-state index contributed by atoms with van der Waals surface area (Å²) in [5.41, 5.74) is 5.11. The number of aryl methyl sites for hydroxylation is 2. The first-order valence-corrected chi connectivity index (χ1v) is 11.1. The molecule has 2 amide bonds. The lowest BCUT2D eigenvalue weighted by molar-refractivity contribution is -0.136. The molecule has 1 heterocycles. The van der Waals surface area contributed by atoms with Gasteiger partial charge in [0.1, 0.15) is 5.70 Å². The molecular weight excluding hydrogens is 428 g/mol. The molecule has 0 radical (unpaired) electrons. The maximum absolute atomic E-state index is 13.6. The number of amides is 2. The van der Waals surface area contributed by atoms with Gasteiger partial charge in [-0.2, -0.15) is 0 Å². The van der Waals surface area contributed by atoms with Gasteiger partial charge in [0.05, 0.1) is 19.8 Å². The van der Waals surface area contributed by atoms with Crippen LogP contribution in [0, 0.1) is 13.8 Å². The van der Waals surface area contributed by atoms with Gasteiger partial charge in [0.15, 0.2) is 11.5 Å². The van der Waals surface area contributed by atoms with Gasteiger partial charge in [-0.05, 0) is 49.1 Å². The van der Waals surface area contributed by atoms with E-state index in [9.17, 15) is 9.59 Å². The zero-order valence-corrected chi connectivity index (χ0v) is 19.8. The van der Waals surface area contributed by atoms with Crippen LogP contribution >= 0.6 is 0 Å². The Morgan fingerprint density at radius 1 is 0.824 bits per heavy atom. The van der Waals surface area contributed by atoms with Gasteiger partial charge in [0.2, 0.25) is 0 Å². The molecule has 0 fully saturated rings. The van der Waals surface area contributed by atoms with Gasteiger partial charge < -0.3 is 14.8 Å². The van der Waals surface area contributed by atoms with Crippen molar-refractivity contribution in [3.8, 4) is 11.5 Å². The SMILES string of the molecule is COc1ccc(NC2=C(c3ccc(C)cc3C)C(=O)N(CCc3ccccc3)C2=O)cc1OC. The van der Waals surface area contributed by atoms with Crippen LogP contribution in [0.15, 0.2) is 72.4 Å². The lowest BCUT2D eigenvalue weighted by atomic mass is 9.97. The van der Waals surface area contributed by atoms with E-state index < -0.39 is 0 Å². The first kappa shape index (κ1) is 23.1. The van der Waals surface area contributed by atoms with Crippen LogP contribution in [0.3, 0.4) is 0 Å². The number of hydrogen-bond acceptors (Lipinski definition) is 5. The summed E-state index contributed by atoms with van der Waals surface area (Å²) in [7, 11) is 3.12. The second kappa shape index (κ2) is 9.83. The highest BCUT2D eigenvalue weighted by Crippen LogP contribution is 2.35. The summed E-state index contributed by atoms with van der Waals surface area (Å²) in [6, 6.07) is 21.0. The van der Waals surface area contributed by atoms with Crippen LogP contribution < -0.4 is 14.8 Å². The Morgan fingerprint density at radius 3 is 2.24 bits per heavy atom. The lowest BCUT2D eigenvalue weighted by Gasteiger charge is -2.16. The predicted octanol–water partition coefficient (Wildman–Crippen LogP) is 4.76. The van der Waals surface area contributed by atoms with E-state index in [2.05, 4.69) is 5.32 Å². The van der Waals surface area contributed by atoms with Gasteiger partial charge in [-0.1, -0.05) is 54.1 Å². The fraction of sp³-hybridized carbons (Fsp3) is 0.214. The van der Waals surface area contributed by atoms with Crippen molar-refractivity contribution in [2.45, 2.75) is 20.3 Å². The van der Waals surface area contributed by atoms with E-state index in [1.165, 1.54) is 4.90 Å². The van der Waals surface area contributed by atoms with Crippen LogP contribution in [0.4, 0.5) is 5.69 Å². The van der Waals surface area contributed by atoms with Gasteiger partial charge in [-0.25, -0.2) is 0 Å². The Morgan fingerprint density at radius 2 is 1.56 bits per heavy atom. The maximum atomic E-state index is 13.6. The quantitative estimate of drug-likeness (QED) is 0.495. The van der Waals surface area contributed by atoms with Crippen molar-refractivity contribution < 1.29 is 19.1 Å². The smallest absolute Gasteiger partial charge is 0.278 e. The van der Waals surface area contributed by atoms with Crippen molar-refractivity contribution in [2.75, 3.05) is 26.1 Å². The van der Waals surface area contributed by atoms with Crippen molar-refractivity contribution >= 4 is 23.1 Å². The molecule has 3 aromatic carbocycles. The van der Waals surface area contributed by atoms with Gasteiger partial charge >= 0.3 is 0 Å². The number of hydrogen-bond donors (Lipinski definition) is 1. The third-order valence-corrected chi connectivity index (χ3v) is 5.94. The first-order chi connectivity index (χ1) is 16.4. The molecule has 0 saturated carbocycles. The molecule has 0 spiro atoms. The standard InChI is InChI=1S/C28H28N2O4/c1-18-10-12-22(19(2)16-18)25-26(29-21-11-13-23(33-3)24(17-21)34-4)28(32)30(27(25)31)15-14-20-8-6-5-7-9-20/h5-13,16-17,29H,14-15H2,1-4H3. The number of rotatable bonds is 8. The zero-order chi connectivity index (χ0) is 24.2. The van der Waals surface area contributed by atoms with Crippen molar-refractivity contribution in [3.05, 3.63) is 94.7 Å². The van der Waals surface area contributed by atoms with E-state index in [0.717, 1.165) is 22.3 Å². The third-order valence-electron chi connectivity index (χ3n) is 5.94. The molecule has 0 atom stereocenters. The number of imide groups is 1. The highest BCUT2D eigenvalue weighted by molar-refractivity contribution is 6.36. The number of ether oxygens (including phenoxy) is 2. The van der Waals surface area contributed by atoms with Crippen LogP contribution in [0.2, 0.25) is 0 Å². The largest absolute Gasteiger partial charge is 0.493 e. The highest BCUT2D eigenvalue weighted by Gasteiger charge is 2.39. The minimum atomic E-state index is -0.342. The summed E-state index contributed by atoms with van der Waals surface area (Å²) in [6.45, 7) is 4.25. The Balaban J connectivity index is 1.72. The number of carbonyl (C=O) groups is 2.